The number of hydrogen-bond donors (Lipinski definition) is 1. The fraction of sp³-hybridized carbons (Fsp3) is 0.750. The quantitative estimate of drug-likeness (QED) is 0.314. The number of carbonyl (C=O) groups is 2. The zero-order valence-electron chi connectivity index (χ0n) is 12.6. The van der Waals surface area contributed by atoms with Crippen molar-refractivity contribution in [3.05, 3.63) is 12.2 Å². The van der Waals surface area contributed by atoms with Crippen LogP contribution in [0.3, 0.4) is 0 Å². The molecule has 0 unspecified atom stereocenters. The van der Waals surface area contributed by atoms with Crippen LogP contribution in [0.5, 0.6) is 0 Å². The Kier molecular flexibility index (Phi) is 13.2. The fourth-order valence-corrected chi connectivity index (χ4v) is 1.95. The van der Waals surface area contributed by atoms with E-state index in [0.29, 0.717) is 6.61 Å². The molecule has 0 aliphatic rings. The van der Waals surface area contributed by atoms with Gasteiger partial charge in [0.05, 0.1) is 6.61 Å². The fourth-order valence-electron chi connectivity index (χ4n) is 1.95. The Bertz CT molecular complexity index is 284. The van der Waals surface area contributed by atoms with Gasteiger partial charge in [0.15, 0.2) is 0 Å². The van der Waals surface area contributed by atoms with Crippen LogP contribution < -0.4 is 0 Å². The average molecular weight is 284 g/mol. The van der Waals surface area contributed by atoms with Crippen LogP contribution in [0.15, 0.2) is 12.2 Å². The highest BCUT2D eigenvalue weighted by Gasteiger charge is 1.98. The van der Waals surface area contributed by atoms with Gasteiger partial charge in [-0.05, 0) is 6.42 Å². The Morgan fingerprint density at radius 3 is 1.85 bits per heavy atom. The summed E-state index contributed by atoms with van der Waals surface area (Å²) in [6.07, 6.45) is 14.0. The zero-order valence-corrected chi connectivity index (χ0v) is 12.6. The summed E-state index contributed by atoms with van der Waals surface area (Å²) in [5.41, 5.74) is 0. The van der Waals surface area contributed by atoms with E-state index in [2.05, 4.69) is 6.92 Å². The molecule has 0 fully saturated rings. The lowest BCUT2D eigenvalue weighted by atomic mass is 10.1. The summed E-state index contributed by atoms with van der Waals surface area (Å²) >= 11 is 0. The Hall–Kier alpha value is -1.32. The van der Waals surface area contributed by atoms with Crippen molar-refractivity contribution in [2.24, 2.45) is 0 Å². The van der Waals surface area contributed by atoms with Gasteiger partial charge in [-0.15, -0.1) is 0 Å². The van der Waals surface area contributed by atoms with Gasteiger partial charge >= 0.3 is 11.9 Å². The summed E-state index contributed by atoms with van der Waals surface area (Å²) in [6, 6.07) is 0. The van der Waals surface area contributed by atoms with E-state index in [0.717, 1.165) is 25.0 Å². The predicted molar refractivity (Wildman–Crippen MR) is 79.6 cm³/mol. The Labute approximate surface area is 122 Å². The maximum atomic E-state index is 11.0. The summed E-state index contributed by atoms with van der Waals surface area (Å²) in [5, 5.41) is 8.33. The third-order valence-corrected chi connectivity index (χ3v) is 3.10. The molecule has 116 valence electrons. The van der Waals surface area contributed by atoms with E-state index in [1.54, 1.807) is 0 Å². The summed E-state index contributed by atoms with van der Waals surface area (Å²) in [4.78, 5) is 21.2. The largest absolute Gasteiger partial charge is 0.478 e. The molecule has 4 heteroatoms. The molecule has 0 aromatic heterocycles. The molecule has 4 nitrogen and oxygen atoms in total. The molecule has 0 amide bonds. The molecule has 0 bridgehead atoms. The van der Waals surface area contributed by atoms with Crippen LogP contribution in [0.25, 0.3) is 0 Å². The van der Waals surface area contributed by atoms with Crippen molar-refractivity contribution in [1.82, 2.24) is 0 Å². The number of carboxylic acids is 1. The van der Waals surface area contributed by atoms with E-state index < -0.39 is 11.9 Å². The molecule has 0 aromatic carbocycles. The van der Waals surface area contributed by atoms with Crippen molar-refractivity contribution in [1.29, 1.82) is 0 Å². The second-order valence-corrected chi connectivity index (χ2v) is 5.02. The van der Waals surface area contributed by atoms with Crippen LogP contribution in [0.4, 0.5) is 0 Å². The lowest BCUT2D eigenvalue weighted by Crippen LogP contribution is -2.03. The zero-order chi connectivity index (χ0) is 15.1. The summed E-state index contributed by atoms with van der Waals surface area (Å²) < 4.78 is 4.88. The van der Waals surface area contributed by atoms with E-state index in [9.17, 15) is 9.59 Å². The van der Waals surface area contributed by atoms with Gasteiger partial charge in [0, 0.05) is 12.2 Å². The summed E-state index contributed by atoms with van der Waals surface area (Å²) in [5.74, 6) is -1.72. The number of aliphatic carboxylic acids is 1. The number of carboxylic acid groups (broad SMARTS) is 1. The highest BCUT2D eigenvalue weighted by Crippen LogP contribution is 2.10. The number of esters is 1. The van der Waals surface area contributed by atoms with Gasteiger partial charge in [0.1, 0.15) is 0 Å². The Morgan fingerprint density at radius 1 is 0.850 bits per heavy atom. The molecule has 0 heterocycles. The number of rotatable bonds is 13. The first-order valence-corrected chi connectivity index (χ1v) is 7.74. The van der Waals surface area contributed by atoms with Crippen molar-refractivity contribution in [2.75, 3.05) is 6.61 Å². The van der Waals surface area contributed by atoms with Crippen molar-refractivity contribution < 1.29 is 19.4 Å². The van der Waals surface area contributed by atoms with Gasteiger partial charge < -0.3 is 9.84 Å². The second kappa shape index (κ2) is 14.1. The molecular formula is C16H28O4. The third kappa shape index (κ3) is 14.7. The number of unbranched alkanes of at least 4 members (excludes halogenated alkanes) is 9. The lowest BCUT2D eigenvalue weighted by Gasteiger charge is -2.03. The van der Waals surface area contributed by atoms with Crippen LogP contribution >= 0.6 is 0 Å². The molecule has 0 saturated carbocycles. The van der Waals surface area contributed by atoms with Gasteiger partial charge in [0.2, 0.25) is 0 Å². The van der Waals surface area contributed by atoms with Crippen molar-refractivity contribution >= 4 is 11.9 Å². The molecule has 0 aliphatic carbocycles. The lowest BCUT2D eigenvalue weighted by molar-refractivity contribution is -0.138. The molecule has 0 rings (SSSR count). The minimum Gasteiger partial charge on any atom is -0.478 e. The number of hydrogen-bond acceptors (Lipinski definition) is 3. The van der Waals surface area contributed by atoms with Crippen molar-refractivity contribution in [2.45, 2.75) is 71.1 Å². The third-order valence-electron chi connectivity index (χ3n) is 3.10. The van der Waals surface area contributed by atoms with Crippen LogP contribution in [0, 0.1) is 0 Å². The maximum absolute atomic E-state index is 11.0. The first-order chi connectivity index (χ1) is 9.66. The van der Waals surface area contributed by atoms with Crippen LogP contribution in [-0.4, -0.2) is 23.7 Å². The highest BCUT2D eigenvalue weighted by atomic mass is 16.5. The van der Waals surface area contributed by atoms with Gasteiger partial charge in [-0.25, -0.2) is 9.59 Å². The molecule has 20 heavy (non-hydrogen) atoms. The average Bonchev–Trinajstić information content (AvgIpc) is 2.42. The minimum absolute atomic E-state index is 0.374. The van der Waals surface area contributed by atoms with Gasteiger partial charge in [0.25, 0.3) is 0 Å². The van der Waals surface area contributed by atoms with E-state index >= 15 is 0 Å². The van der Waals surface area contributed by atoms with E-state index in [1.165, 1.54) is 51.4 Å². The Balaban J connectivity index is 3.20. The Morgan fingerprint density at radius 2 is 1.35 bits per heavy atom. The van der Waals surface area contributed by atoms with Crippen molar-refractivity contribution in [3.63, 3.8) is 0 Å². The molecule has 0 atom stereocenters. The molecule has 0 aromatic rings. The molecule has 0 saturated heterocycles. The molecular weight excluding hydrogens is 256 g/mol. The van der Waals surface area contributed by atoms with Crippen LogP contribution in [0.1, 0.15) is 71.1 Å². The molecule has 0 radical (unpaired) electrons. The van der Waals surface area contributed by atoms with Crippen LogP contribution in [0.2, 0.25) is 0 Å². The summed E-state index contributed by atoms with van der Waals surface area (Å²) in [7, 11) is 0. The van der Waals surface area contributed by atoms with Gasteiger partial charge in [-0.1, -0.05) is 64.7 Å². The molecule has 0 aliphatic heterocycles. The molecule has 0 spiro atoms. The summed E-state index contributed by atoms with van der Waals surface area (Å²) in [6.45, 7) is 2.60. The maximum Gasteiger partial charge on any atom is 0.331 e. The normalized spacial score (nSPS) is 10.8. The van der Waals surface area contributed by atoms with Gasteiger partial charge in [-0.2, -0.15) is 0 Å². The first kappa shape index (κ1) is 18.7. The second-order valence-electron chi connectivity index (χ2n) is 5.02. The van der Waals surface area contributed by atoms with E-state index in [-0.39, 0.29) is 0 Å². The van der Waals surface area contributed by atoms with Crippen LogP contribution in [-0.2, 0) is 14.3 Å². The molecule has 1 N–H and O–H groups in total. The van der Waals surface area contributed by atoms with Crippen molar-refractivity contribution in [3.8, 4) is 0 Å². The number of ether oxygens (including phenoxy) is 1. The predicted octanol–water partition coefficient (Wildman–Crippen LogP) is 4.09. The van der Waals surface area contributed by atoms with Gasteiger partial charge in [-0.3, -0.25) is 0 Å². The standard InChI is InChI=1S/C16H28O4/c1-2-3-4-5-6-7-8-9-10-11-14-20-16(19)13-12-15(17)18/h12-13H,2-11,14H2,1H3,(H,17,18). The number of carbonyl (C=O) groups excluding carboxylic acids is 1. The minimum atomic E-state index is -1.14. The first-order valence-electron chi connectivity index (χ1n) is 7.74. The topological polar surface area (TPSA) is 63.6 Å². The smallest absolute Gasteiger partial charge is 0.331 e. The van der Waals surface area contributed by atoms with E-state index in [1.807, 2.05) is 0 Å². The highest BCUT2D eigenvalue weighted by molar-refractivity contribution is 5.90. The monoisotopic (exact) mass is 284 g/mol. The van der Waals surface area contributed by atoms with E-state index in [4.69, 9.17) is 9.84 Å². The SMILES string of the molecule is CCCCCCCCCCCCOC(=O)C=CC(=O)O.